The minimum atomic E-state index is -0.194. The van der Waals surface area contributed by atoms with E-state index in [1.165, 1.54) is 24.3 Å². The molecule has 0 saturated carbocycles. The predicted octanol–water partition coefficient (Wildman–Crippen LogP) is 2.87. The Hall–Kier alpha value is -0.740. The highest BCUT2D eigenvalue weighted by molar-refractivity contribution is 8.00. The van der Waals surface area contributed by atoms with Crippen molar-refractivity contribution in [2.45, 2.75) is 30.6 Å². The van der Waals surface area contributed by atoms with E-state index < -0.39 is 0 Å². The smallest absolute Gasteiger partial charge is 0.123 e. The lowest BCUT2D eigenvalue weighted by Gasteiger charge is -2.49. The molecule has 100 valence electrons. The van der Waals surface area contributed by atoms with Gasteiger partial charge < -0.3 is 10.6 Å². The number of benzene rings is 1. The Bertz CT molecular complexity index is 395. The molecule has 4 heteroatoms. The van der Waals surface area contributed by atoms with E-state index in [9.17, 15) is 4.39 Å². The van der Waals surface area contributed by atoms with Crippen molar-refractivity contribution in [2.75, 3.05) is 24.2 Å². The number of hydrogen-bond acceptors (Lipinski definition) is 3. The molecule has 1 aromatic rings. The zero-order chi connectivity index (χ0) is 13.2. The van der Waals surface area contributed by atoms with E-state index in [2.05, 4.69) is 18.9 Å². The summed E-state index contributed by atoms with van der Waals surface area (Å²) in [7, 11) is 2.07. The van der Waals surface area contributed by atoms with Gasteiger partial charge in [0.15, 0.2) is 0 Å². The van der Waals surface area contributed by atoms with Crippen molar-refractivity contribution in [3.63, 3.8) is 0 Å². The van der Waals surface area contributed by atoms with Crippen LogP contribution in [-0.2, 0) is 0 Å². The number of nitrogens with two attached hydrogens (primary N) is 1. The zero-order valence-electron chi connectivity index (χ0n) is 11.0. The van der Waals surface area contributed by atoms with Gasteiger partial charge in [-0.15, -0.1) is 0 Å². The largest absolute Gasteiger partial charge is 0.367 e. The molecule has 2 N–H and O–H groups in total. The molecule has 0 aliphatic carbocycles. The summed E-state index contributed by atoms with van der Waals surface area (Å²) in [6.07, 6.45) is 2.29. The highest BCUT2D eigenvalue weighted by atomic mass is 32.2. The number of anilines is 1. The Labute approximate surface area is 113 Å². The number of rotatable bonds is 3. The van der Waals surface area contributed by atoms with Crippen LogP contribution in [0.3, 0.4) is 0 Å². The lowest BCUT2D eigenvalue weighted by molar-refractivity contribution is 0.367. The topological polar surface area (TPSA) is 29.3 Å². The van der Waals surface area contributed by atoms with Gasteiger partial charge in [0.25, 0.3) is 0 Å². The van der Waals surface area contributed by atoms with Crippen molar-refractivity contribution in [3.05, 3.63) is 30.1 Å². The molecule has 1 aliphatic rings. The molecule has 2 unspecified atom stereocenters. The van der Waals surface area contributed by atoms with Crippen molar-refractivity contribution in [1.82, 2.24) is 0 Å². The molecule has 2 rings (SSSR count). The second-order valence-corrected chi connectivity index (χ2v) is 6.41. The molecule has 1 fully saturated rings. The molecule has 0 aromatic heterocycles. The van der Waals surface area contributed by atoms with Gasteiger partial charge in [-0.2, -0.15) is 11.8 Å². The SMILES string of the molecule is CC1SCCCC1(CN)N(C)c1ccc(F)cc1. The lowest BCUT2D eigenvalue weighted by Crippen LogP contribution is -2.59. The first-order valence-electron chi connectivity index (χ1n) is 6.41. The molecule has 0 radical (unpaired) electrons. The normalized spacial score (nSPS) is 28.1. The molecule has 0 bridgehead atoms. The second kappa shape index (κ2) is 5.49. The molecule has 0 spiro atoms. The Kier molecular flexibility index (Phi) is 4.17. The molecule has 18 heavy (non-hydrogen) atoms. The molecule has 1 aromatic carbocycles. The average molecular weight is 268 g/mol. The molecular weight excluding hydrogens is 247 g/mol. The van der Waals surface area contributed by atoms with E-state index in [1.807, 2.05) is 23.9 Å². The molecule has 2 atom stereocenters. The van der Waals surface area contributed by atoms with Gasteiger partial charge in [-0.25, -0.2) is 4.39 Å². The number of halogens is 1. The van der Waals surface area contributed by atoms with Gasteiger partial charge in [-0.1, -0.05) is 6.92 Å². The predicted molar refractivity (Wildman–Crippen MR) is 77.7 cm³/mol. The van der Waals surface area contributed by atoms with Gasteiger partial charge >= 0.3 is 0 Å². The lowest BCUT2D eigenvalue weighted by atomic mass is 9.87. The maximum atomic E-state index is 13.0. The second-order valence-electron chi connectivity index (χ2n) is 4.96. The fourth-order valence-electron chi connectivity index (χ4n) is 2.76. The van der Waals surface area contributed by atoms with E-state index in [0.29, 0.717) is 11.8 Å². The third-order valence-corrected chi connectivity index (χ3v) is 5.58. The van der Waals surface area contributed by atoms with Crippen LogP contribution in [0, 0.1) is 5.82 Å². The first kappa shape index (κ1) is 13.7. The summed E-state index contributed by atoms with van der Waals surface area (Å²) < 4.78 is 13.0. The number of likely N-dealkylation sites (N-methyl/N-ethyl adjacent to an activating group) is 1. The van der Waals surface area contributed by atoms with Gasteiger partial charge in [0.1, 0.15) is 5.82 Å². The Balaban J connectivity index is 2.28. The Morgan fingerprint density at radius 2 is 2.11 bits per heavy atom. The summed E-state index contributed by atoms with van der Waals surface area (Å²) in [6, 6.07) is 6.69. The van der Waals surface area contributed by atoms with Crippen LogP contribution in [0.4, 0.5) is 10.1 Å². The monoisotopic (exact) mass is 268 g/mol. The van der Waals surface area contributed by atoms with Crippen LogP contribution in [0.1, 0.15) is 19.8 Å². The van der Waals surface area contributed by atoms with E-state index in [0.717, 1.165) is 12.1 Å². The maximum absolute atomic E-state index is 13.0. The highest BCUT2D eigenvalue weighted by Crippen LogP contribution is 2.39. The molecule has 0 amide bonds. The van der Waals surface area contributed by atoms with Crippen molar-refractivity contribution in [1.29, 1.82) is 0 Å². The van der Waals surface area contributed by atoms with Gasteiger partial charge in [0, 0.05) is 24.5 Å². The standard InChI is InChI=1S/C14H21FN2S/c1-11-14(10-16,8-3-9-18-11)17(2)13-6-4-12(15)5-7-13/h4-7,11H,3,8-10,16H2,1-2H3. The van der Waals surface area contributed by atoms with E-state index in [4.69, 9.17) is 5.73 Å². The van der Waals surface area contributed by atoms with E-state index >= 15 is 0 Å². The molecule has 1 heterocycles. The van der Waals surface area contributed by atoms with Crippen molar-refractivity contribution >= 4 is 17.4 Å². The van der Waals surface area contributed by atoms with Crippen LogP contribution < -0.4 is 10.6 Å². The quantitative estimate of drug-likeness (QED) is 0.914. The van der Waals surface area contributed by atoms with Crippen LogP contribution in [0.15, 0.2) is 24.3 Å². The van der Waals surface area contributed by atoms with E-state index in [1.54, 1.807) is 0 Å². The van der Waals surface area contributed by atoms with Crippen LogP contribution in [0.5, 0.6) is 0 Å². The number of nitrogens with zero attached hydrogens (tertiary/aromatic N) is 1. The highest BCUT2D eigenvalue weighted by Gasteiger charge is 2.41. The number of thioether (sulfide) groups is 1. The molecular formula is C14H21FN2S. The minimum absolute atomic E-state index is 0.0131. The van der Waals surface area contributed by atoms with Crippen LogP contribution in [-0.4, -0.2) is 30.1 Å². The van der Waals surface area contributed by atoms with Gasteiger partial charge in [-0.3, -0.25) is 0 Å². The summed E-state index contributed by atoms with van der Waals surface area (Å²) in [6.45, 7) is 2.88. The molecule has 1 aliphatic heterocycles. The minimum Gasteiger partial charge on any atom is -0.367 e. The summed E-state index contributed by atoms with van der Waals surface area (Å²) in [5.74, 6) is 1.01. The molecule has 1 saturated heterocycles. The first-order chi connectivity index (χ1) is 8.60. The summed E-state index contributed by atoms with van der Waals surface area (Å²) in [5, 5.41) is 0.492. The number of hydrogen-bond donors (Lipinski definition) is 1. The molecule has 2 nitrogen and oxygen atoms in total. The van der Waals surface area contributed by atoms with Crippen LogP contribution in [0.25, 0.3) is 0 Å². The Morgan fingerprint density at radius 1 is 1.44 bits per heavy atom. The summed E-state index contributed by atoms with van der Waals surface area (Å²) >= 11 is 1.98. The van der Waals surface area contributed by atoms with Crippen LogP contribution >= 0.6 is 11.8 Å². The van der Waals surface area contributed by atoms with Crippen molar-refractivity contribution in [2.24, 2.45) is 5.73 Å². The third kappa shape index (κ3) is 2.36. The van der Waals surface area contributed by atoms with E-state index in [-0.39, 0.29) is 11.4 Å². The van der Waals surface area contributed by atoms with Crippen molar-refractivity contribution in [3.8, 4) is 0 Å². The fourth-order valence-corrected chi connectivity index (χ4v) is 4.11. The maximum Gasteiger partial charge on any atom is 0.123 e. The summed E-state index contributed by atoms with van der Waals surface area (Å²) in [5.41, 5.74) is 7.09. The average Bonchev–Trinajstić information content (AvgIpc) is 2.40. The first-order valence-corrected chi connectivity index (χ1v) is 7.46. The van der Waals surface area contributed by atoms with Crippen LogP contribution in [0.2, 0.25) is 0 Å². The third-order valence-electron chi connectivity index (χ3n) is 4.11. The summed E-state index contributed by atoms with van der Waals surface area (Å²) in [4.78, 5) is 2.24. The van der Waals surface area contributed by atoms with Gasteiger partial charge in [0.2, 0.25) is 0 Å². The Morgan fingerprint density at radius 3 is 2.67 bits per heavy atom. The zero-order valence-corrected chi connectivity index (χ0v) is 11.8. The van der Waals surface area contributed by atoms with Gasteiger partial charge in [0.05, 0.1) is 5.54 Å². The van der Waals surface area contributed by atoms with Gasteiger partial charge in [-0.05, 0) is 42.9 Å². The van der Waals surface area contributed by atoms with Crippen molar-refractivity contribution < 1.29 is 4.39 Å². The fraction of sp³-hybridized carbons (Fsp3) is 0.571.